The number of benzene rings is 2. The van der Waals surface area contributed by atoms with Crippen LogP contribution < -0.4 is 15.4 Å². The van der Waals surface area contributed by atoms with E-state index in [9.17, 15) is 9.59 Å². The minimum absolute atomic E-state index is 0.0448. The van der Waals surface area contributed by atoms with Crippen LogP contribution in [-0.2, 0) is 4.79 Å². The molecule has 2 aromatic carbocycles. The molecule has 0 saturated carbocycles. The van der Waals surface area contributed by atoms with Crippen LogP contribution in [0.2, 0.25) is 5.02 Å². The van der Waals surface area contributed by atoms with Crippen molar-refractivity contribution >= 4 is 34.8 Å². The lowest BCUT2D eigenvalue weighted by Gasteiger charge is -2.15. The number of nitrogens with zero attached hydrogens (tertiary/aromatic N) is 1. The summed E-state index contributed by atoms with van der Waals surface area (Å²) < 4.78 is 5.10. The van der Waals surface area contributed by atoms with Crippen LogP contribution in [0.3, 0.4) is 0 Å². The fourth-order valence-corrected chi connectivity index (χ4v) is 3.22. The first-order chi connectivity index (χ1) is 13.1. The number of carbonyl (C=O) groups is 2. The number of rotatable bonds is 6. The summed E-state index contributed by atoms with van der Waals surface area (Å²) in [5.74, 6) is 0.430. The minimum Gasteiger partial charge on any atom is -0.495 e. The van der Waals surface area contributed by atoms with Gasteiger partial charge in [0.25, 0.3) is 5.91 Å². The van der Waals surface area contributed by atoms with Crippen molar-refractivity contribution in [3.63, 3.8) is 0 Å². The number of methoxy groups -OCH3 is 1. The quantitative estimate of drug-likeness (QED) is 0.794. The molecule has 0 aliphatic carbocycles. The summed E-state index contributed by atoms with van der Waals surface area (Å²) in [4.78, 5) is 26.3. The zero-order chi connectivity index (χ0) is 19.2. The van der Waals surface area contributed by atoms with Gasteiger partial charge in [-0.1, -0.05) is 11.6 Å². The summed E-state index contributed by atoms with van der Waals surface area (Å²) >= 11 is 6.07. The first-order valence-corrected chi connectivity index (χ1v) is 9.21. The summed E-state index contributed by atoms with van der Waals surface area (Å²) in [7, 11) is 1.55. The normalized spacial score (nSPS) is 13.3. The van der Waals surface area contributed by atoms with Gasteiger partial charge in [-0.25, -0.2) is 0 Å². The molecule has 1 aliphatic rings. The van der Waals surface area contributed by atoms with Crippen LogP contribution in [0.5, 0.6) is 5.75 Å². The van der Waals surface area contributed by atoms with E-state index in [2.05, 4.69) is 10.6 Å². The predicted molar refractivity (Wildman–Crippen MR) is 107 cm³/mol. The third kappa shape index (κ3) is 4.92. The van der Waals surface area contributed by atoms with Crippen LogP contribution in [0.1, 0.15) is 23.2 Å². The molecule has 2 amide bonds. The van der Waals surface area contributed by atoms with Gasteiger partial charge in [-0.2, -0.15) is 0 Å². The van der Waals surface area contributed by atoms with Crippen LogP contribution in [0.25, 0.3) is 0 Å². The molecule has 0 atom stereocenters. The van der Waals surface area contributed by atoms with Crippen molar-refractivity contribution in [2.24, 2.45) is 0 Å². The van der Waals surface area contributed by atoms with Crippen molar-refractivity contribution in [3.8, 4) is 5.75 Å². The predicted octanol–water partition coefficient (Wildman–Crippen LogP) is 3.64. The first kappa shape index (κ1) is 19.0. The van der Waals surface area contributed by atoms with Gasteiger partial charge in [0.15, 0.2) is 0 Å². The fourth-order valence-electron chi connectivity index (χ4n) is 2.96. The van der Waals surface area contributed by atoms with Crippen LogP contribution in [0, 0.1) is 0 Å². The van der Waals surface area contributed by atoms with E-state index in [4.69, 9.17) is 16.3 Å². The number of carbonyl (C=O) groups excluding carboxylic acids is 2. The molecule has 3 rings (SSSR count). The maximum atomic E-state index is 12.3. The van der Waals surface area contributed by atoms with Crippen LogP contribution >= 0.6 is 11.6 Å². The molecular weight excluding hydrogens is 366 g/mol. The molecule has 1 aliphatic heterocycles. The maximum absolute atomic E-state index is 12.3. The number of amides is 2. The molecule has 6 nitrogen and oxygen atoms in total. The van der Waals surface area contributed by atoms with E-state index in [1.54, 1.807) is 49.6 Å². The maximum Gasteiger partial charge on any atom is 0.253 e. The monoisotopic (exact) mass is 387 g/mol. The second kappa shape index (κ2) is 8.77. The standard InChI is InChI=1S/C20H22ClN3O3/c1-27-18-9-8-16(12-17(18)21)22-13-19(25)23-15-6-4-14(5-7-15)20(26)24-10-2-3-11-24/h4-9,12,22H,2-3,10-11,13H2,1H3,(H,23,25). The SMILES string of the molecule is COc1ccc(NCC(=O)Nc2ccc(C(=O)N3CCCC3)cc2)cc1Cl. The fraction of sp³-hybridized carbons (Fsp3) is 0.300. The summed E-state index contributed by atoms with van der Waals surface area (Å²) in [6.07, 6.45) is 2.12. The van der Waals surface area contributed by atoms with Gasteiger partial charge in [-0.15, -0.1) is 0 Å². The zero-order valence-corrected chi connectivity index (χ0v) is 15.9. The summed E-state index contributed by atoms with van der Waals surface area (Å²) in [5, 5.41) is 6.28. The van der Waals surface area contributed by atoms with Gasteiger partial charge in [0, 0.05) is 30.0 Å². The van der Waals surface area contributed by atoms with Gasteiger partial charge in [0.1, 0.15) is 5.75 Å². The number of hydrogen-bond acceptors (Lipinski definition) is 4. The molecule has 1 heterocycles. The van der Waals surface area contributed by atoms with E-state index in [1.165, 1.54) is 0 Å². The smallest absolute Gasteiger partial charge is 0.253 e. The highest BCUT2D eigenvalue weighted by molar-refractivity contribution is 6.32. The van der Waals surface area contributed by atoms with Gasteiger partial charge in [-0.05, 0) is 55.3 Å². The van der Waals surface area contributed by atoms with Crippen LogP contribution in [0.4, 0.5) is 11.4 Å². The highest BCUT2D eigenvalue weighted by atomic mass is 35.5. The molecule has 7 heteroatoms. The number of nitrogens with one attached hydrogen (secondary N) is 2. The molecule has 2 aromatic rings. The summed E-state index contributed by atoms with van der Waals surface area (Å²) in [5.41, 5.74) is 2.01. The Kier molecular flexibility index (Phi) is 6.19. The largest absolute Gasteiger partial charge is 0.495 e. The average Bonchev–Trinajstić information content (AvgIpc) is 3.21. The molecule has 27 heavy (non-hydrogen) atoms. The number of anilines is 2. The molecule has 0 spiro atoms. The van der Waals surface area contributed by atoms with Gasteiger partial charge < -0.3 is 20.3 Å². The molecule has 142 valence electrons. The highest BCUT2D eigenvalue weighted by Crippen LogP contribution is 2.27. The number of hydrogen-bond donors (Lipinski definition) is 2. The molecular formula is C20H22ClN3O3. The summed E-state index contributed by atoms with van der Waals surface area (Å²) in [6.45, 7) is 1.73. The van der Waals surface area contributed by atoms with E-state index in [0.717, 1.165) is 31.6 Å². The topological polar surface area (TPSA) is 70.7 Å². The van der Waals surface area contributed by atoms with E-state index in [-0.39, 0.29) is 18.4 Å². The van der Waals surface area contributed by atoms with Crippen molar-refractivity contribution in [1.82, 2.24) is 4.90 Å². The molecule has 0 aromatic heterocycles. The van der Waals surface area contributed by atoms with Gasteiger partial charge in [0.05, 0.1) is 18.7 Å². The van der Waals surface area contributed by atoms with Gasteiger partial charge >= 0.3 is 0 Å². The second-order valence-corrected chi connectivity index (χ2v) is 6.73. The van der Waals surface area contributed by atoms with Crippen LogP contribution in [-0.4, -0.2) is 43.5 Å². The van der Waals surface area contributed by atoms with E-state index >= 15 is 0 Å². The Morgan fingerprint density at radius 1 is 1.07 bits per heavy atom. The Hall–Kier alpha value is -2.73. The van der Waals surface area contributed by atoms with Crippen molar-refractivity contribution in [2.45, 2.75) is 12.8 Å². The van der Waals surface area contributed by atoms with Crippen molar-refractivity contribution < 1.29 is 14.3 Å². The highest BCUT2D eigenvalue weighted by Gasteiger charge is 2.19. The van der Waals surface area contributed by atoms with Gasteiger partial charge in [-0.3, -0.25) is 9.59 Å². The van der Waals surface area contributed by atoms with Crippen molar-refractivity contribution in [3.05, 3.63) is 53.1 Å². The minimum atomic E-state index is -0.194. The molecule has 0 bridgehead atoms. The molecule has 1 fully saturated rings. The van der Waals surface area contributed by atoms with Crippen molar-refractivity contribution in [2.75, 3.05) is 37.4 Å². The zero-order valence-electron chi connectivity index (χ0n) is 15.1. The second-order valence-electron chi connectivity index (χ2n) is 6.33. The lowest BCUT2D eigenvalue weighted by atomic mass is 10.2. The third-order valence-electron chi connectivity index (χ3n) is 4.41. The average molecular weight is 388 g/mol. The third-order valence-corrected chi connectivity index (χ3v) is 4.71. The lowest BCUT2D eigenvalue weighted by Crippen LogP contribution is -2.27. The molecule has 2 N–H and O–H groups in total. The number of likely N-dealkylation sites (tertiary alicyclic amines) is 1. The molecule has 0 radical (unpaired) electrons. The first-order valence-electron chi connectivity index (χ1n) is 8.83. The molecule has 1 saturated heterocycles. The Labute approximate surface area is 163 Å². The Bertz CT molecular complexity index is 818. The van der Waals surface area contributed by atoms with Crippen molar-refractivity contribution in [1.29, 1.82) is 0 Å². The number of ether oxygens (including phenoxy) is 1. The Morgan fingerprint density at radius 2 is 1.74 bits per heavy atom. The number of halogens is 1. The van der Waals surface area contributed by atoms with E-state index in [1.807, 2.05) is 4.90 Å². The summed E-state index contributed by atoms with van der Waals surface area (Å²) in [6, 6.07) is 12.2. The molecule has 0 unspecified atom stereocenters. The Morgan fingerprint density at radius 3 is 2.37 bits per heavy atom. The van der Waals surface area contributed by atoms with E-state index in [0.29, 0.717) is 22.0 Å². The van der Waals surface area contributed by atoms with E-state index < -0.39 is 0 Å². The Balaban J connectivity index is 1.51. The van der Waals surface area contributed by atoms with Gasteiger partial charge in [0.2, 0.25) is 5.91 Å². The van der Waals surface area contributed by atoms with Crippen LogP contribution in [0.15, 0.2) is 42.5 Å². The lowest BCUT2D eigenvalue weighted by molar-refractivity contribution is -0.114.